The zero-order valence-electron chi connectivity index (χ0n) is 10.1. The van der Waals surface area contributed by atoms with Crippen molar-refractivity contribution in [3.05, 3.63) is 51.0 Å². The maximum absolute atomic E-state index is 11.9. The molecule has 0 fully saturated rings. The van der Waals surface area contributed by atoms with Crippen LogP contribution in [-0.4, -0.2) is 15.5 Å². The van der Waals surface area contributed by atoms with Crippen LogP contribution in [0.3, 0.4) is 0 Å². The van der Waals surface area contributed by atoms with Crippen molar-refractivity contribution in [3.63, 3.8) is 0 Å². The van der Waals surface area contributed by atoms with Crippen LogP contribution in [-0.2, 0) is 7.05 Å². The third kappa shape index (κ3) is 3.00. The highest BCUT2D eigenvalue weighted by Gasteiger charge is 2.06. The van der Waals surface area contributed by atoms with Crippen LogP contribution in [0.5, 0.6) is 0 Å². The lowest BCUT2D eigenvalue weighted by atomic mass is 10.2. The van der Waals surface area contributed by atoms with Gasteiger partial charge in [0.25, 0.3) is 5.56 Å². The van der Waals surface area contributed by atoms with Crippen molar-refractivity contribution in [3.8, 4) is 0 Å². The Bertz CT molecular complexity index is 679. The number of carbonyl (C=O) groups excluding carboxylic acids is 1. The molecule has 19 heavy (non-hydrogen) atoms. The average molecular weight is 323 g/mol. The van der Waals surface area contributed by atoms with Crippen LogP contribution in [0.4, 0.5) is 11.5 Å². The van der Waals surface area contributed by atoms with E-state index in [1.807, 2.05) is 0 Å². The van der Waals surface area contributed by atoms with E-state index in [2.05, 4.69) is 26.2 Å². The SMILES string of the molecule is Cn1cc(Br)cc(Nc2ccc(C(N)=O)cn2)c1=O. The van der Waals surface area contributed by atoms with Gasteiger partial charge in [-0.3, -0.25) is 9.59 Å². The third-order valence-corrected chi connectivity index (χ3v) is 2.89. The van der Waals surface area contributed by atoms with Crippen molar-refractivity contribution >= 4 is 33.3 Å². The predicted molar refractivity (Wildman–Crippen MR) is 75.4 cm³/mol. The van der Waals surface area contributed by atoms with Gasteiger partial charge in [0.15, 0.2) is 0 Å². The van der Waals surface area contributed by atoms with Gasteiger partial charge in [0, 0.05) is 23.9 Å². The van der Waals surface area contributed by atoms with Crippen LogP contribution in [0.2, 0.25) is 0 Å². The molecule has 1 amide bonds. The van der Waals surface area contributed by atoms with Crippen LogP contribution >= 0.6 is 15.9 Å². The molecular weight excluding hydrogens is 312 g/mol. The summed E-state index contributed by atoms with van der Waals surface area (Å²) in [5.41, 5.74) is 5.64. The number of primary amides is 1. The summed E-state index contributed by atoms with van der Waals surface area (Å²) in [6.07, 6.45) is 3.02. The first-order chi connectivity index (χ1) is 8.97. The molecule has 2 aromatic heterocycles. The zero-order chi connectivity index (χ0) is 14.0. The van der Waals surface area contributed by atoms with E-state index in [0.29, 0.717) is 17.1 Å². The molecule has 0 saturated heterocycles. The van der Waals surface area contributed by atoms with Gasteiger partial charge in [-0.25, -0.2) is 4.98 Å². The number of carbonyl (C=O) groups is 1. The second-order valence-electron chi connectivity index (χ2n) is 3.91. The first-order valence-electron chi connectivity index (χ1n) is 5.36. The molecule has 2 rings (SSSR count). The van der Waals surface area contributed by atoms with Gasteiger partial charge in [0.1, 0.15) is 11.5 Å². The number of hydrogen-bond donors (Lipinski definition) is 2. The minimum absolute atomic E-state index is 0.177. The molecule has 3 N–H and O–H groups in total. The molecule has 0 atom stereocenters. The summed E-state index contributed by atoms with van der Waals surface area (Å²) in [4.78, 5) is 26.8. The summed E-state index contributed by atoms with van der Waals surface area (Å²) in [7, 11) is 1.65. The number of aryl methyl sites for hydroxylation is 1. The Balaban J connectivity index is 2.31. The van der Waals surface area contributed by atoms with Gasteiger partial charge in [-0.2, -0.15) is 0 Å². The number of nitrogens with zero attached hydrogens (tertiary/aromatic N) is 2. The van der Waals surface area contributed by atoms with Gasteiger partial charge in [0.05, 0.1) is 5.56 Å². The maximum Gasteiger partial charge on any atom is 0.274 e. The zero-order valence-corrected chi connectivity index (χ0v) is 11.6. The van der Waals surface area contributed by atoms with Crippen molar-refractivity contribution in [2.45, 2.75) is 0 Å². The van der Waals surface area contributed by atoms with Gasteiger partial charge in [-0.05, 0) is 34.1 Å². The molecule has 0 aliphatic heterocycles. The van der Waals surface area contributed by atoms with E-state index in [4.69, 9.17) is 5.73 Å². The van der Waals surface area contributed by atoms with Gasteiger partial charge >= 0.3 is 0 Å². The minimum Gasteiger partial charge on any atom is -0.366 e. The van der Waals surface area contributed by atoms with Gasteiger partial charge in [0.2, 0.25) is 5.91 Å². The van der Waals surface area contributed by atoms with Crippen molar-refractivity contribution in [2.24, 2.45) is 12.8 Å². The van der Waals surface area contributed by atoms with E-state index in [0.717, 1.165) is 4.47 Å². The molecule has 7 heteroatoms. The van der Waals surface area contributed by atoms with Crippen LogP contribution in [0.1, 0.15) is 10.4 Å². The number of aromatic nitrogens is 2. The smallest absolute Gasteiger partial charge is 0.274 e. The highest BCUT2D eigenvalue weighted by molar-refractivity contribution is 9.10. The monoisotopic (exact) mass is 322 g/mol. The fourth-order valence-corrected chi connectivity index (χ4v) is 2.05. The predicted octanol–water partition coefficient (Wildman–Crippen LogP) is 1.39. The fourth-order valence-electron chi connectivity index (χ4n) is 1.51. The first kappa shape index (κ1) is 13.3. The first-order valence-corrected chi connectivity index (χ1v) is 6.16. The summed E-state index contributed by atoms with van der Waals surface area (Å²) in [6, 6.07) is 4.78. The number of halogens is 1. The van der Waals surface area contributed by atoms with Crippen molar-refractivity contribution < 1.29 is 4.79 Å². The molecule has 0 aromatic carbocycles. The van der Waals surface area contributed by atoms with Gasteiger partial charge in [-0.1, -0.05) is 0 Å². The molecule has 2 heterocycles. The topological polar surface area (TPSA) is 90.0 Å². The van der Waals surface area contributed by atoms with E-state index in [9.17, 15) is 9.59 Å². The molecule has 0 spiro atoms. The fraction of sp³-hybridized carbons (Fsp3) is 0.0833. The number of rotatable bonds is 3. The summed E-state index contributed by atoms with van der Waals surface area (Å²) in [6.45, 7) is 0. The molecular formula is C12H11BrN4O2. The van der Waals surface area contributed by atoms with E-state index in [-0.39, 0.29) is 5.56 Å². The third-order valence-electron chi connectivity index (χ3n) is 2.46. The van der Waals surface area contributed by atoms with Crippen LogP contribution < -0.4 is 16.6 Å². The van der Waals surface area contributed by atoms with Crippen LogP contribution in [0.15, 0.2) is 39.9 Å². The second kappa shape index (κ2) is 5.23. The van der Waals surface area contributed by atoms with Crippen molar-refractivity contribution in [1.82, 2.24) is 9.55 Å². The van der Waals surface area contributed by atoms with E-state index < -0.39 is 5.91 Å². The highest BCUT2D eigenvalue weighted by atomic mass is 79.9. The molecule has 0 unspecified atom stereocenters. The van der Waals surface area contributed by atoms with E-state index in [1.165, 1.54) is 10.8 Å². The van der Waals surface area contributed by atoms with E-state index in [1.54, 1.807) is 31.4 Å². The maximum atomic E-state index is 11.9. The lowest BCUT2D eigenvalue weighted by Crippen LogP contribution is -2.19. The molecule has 0 bridgehead atoms. The highest BCUT2D eigenvalue weighted by Crippen LogP contribution is 2.15. The number of anilines is 2. The molecule has 0 aliphatic rings. The lowest BCUT2D eigenvalue weighted by Gasteiger charge is -2.07. The number of hydrogen-bond acceptors (Lipinski definition) is 4. The Morgan fingerprint density at radius 3 is 2.79 bits per heavy atom. The molecule has 0 saturated carbocycles. The molecule has 2 aromatic rings. The average Bonchev–Trinajstić information content (AvgIpc) is 2.36. The standard InChI is InChI=1S/C12H11BrN4O2/c1-17-6-8(13)4-9(12(17)19)16-10-3-2-7(5-15-10)11(14)18/h2-6H,1H3,(H2,14,18)(H,15,16). The van der Waals surface area contributed by atoms with Crippen molar-refractivity contribution in [2.75, 3.05) is 5.32 Å². The summed E-state index contributed by atoms with van der Waals surface area (Å²) in [5, 5.41) is 2.89. The Hall–Kier alpha value is -2.15. The molecule has 98 valence electrons. The lowest BCUT2D eigenvalue weighted by molar-refractivity contribution is 0.1000. The minimum atomic E-state index is -0.544. The molecule has 0 aliphatic carbocycles. The summed E-state index contributed by atoms with van der Waals surface area (Å²) in [5.74, 6) is -0.0855. The quantitative estimate of drug-likeness (QED) is 0.893. The Labute approximate surface area is 117 Å². The number of pyridine rings is 2. The second-order valence-corrected chi connectivity index (χ2v) is 4.83. The van der Waals surface area contributed by atoms with E-state index >= 15 is 0 Å². The van der Waals surface area contributed by atoms with Crippen LogP contribution in [0, 0.1) is 0 Å². The normalized spacial score (nSPS) is 10.2. The largest absolute Gasteiger partial charge is 0.366 e. The number of nitrogens with two attached hydrogens (primary N) is 1. The Morgan fingerprint density at radius 2 is 2.21 bits per heavy atom. The van der Waals surface area contributed by atoms with Crippen molar-refractivity contribution in [1.29, 1.82) is 0 Å². The summed E-state index contributed by atoms with van der Waals surface area (Å²) < 4.78 is 2.22. The van der Waals surface area contributed by atoms with Gasteiger partial charge in [-0.15, -0.1) is 0 Å². The van der Waals surface area contributed by atoms with Gasteiger partial charge < -0.3 is 15.6 Å². The summed E-state index contributed by atoms with van der Waals surface area (Å²) >= 11 is 3.31. The Morgan fingerprint density at radius 1 is 1.47 bits per heavy atom. The number of nitrogens with one attached hydrogen (secondary N) is 1. The Kier molecular flexibility index (Phi) is 3.66. The number of amides is 1. The van der Waals surface area contributed by atoms with Crippen LogP contribution in [0.25, 0.3) is 0 Å². The molecule has 0 radical (unpaired) electrons. The molecule has 6 nitrogen and oxygen atoms in total.